The molecule has 0 aliphatic carbocycles. The summed E-state index contributed by atoms with van der Waals surface area (Å²) >= 11 is 0. The van der Waals surface area contributed by atoms with Crippen molar-refractivity contribution in [1.29, 1.82) is 0 Å². The third kappa shape index (κ3) is 4.00. The number of hydrogen-bond acceptors (Lipinski definition) is 5. The first-order chi connectivity index (χ1) is 12.1. The van der Waals surface area contributed by atoms with Crippen LogP contribution in [-0.2, 0) is 6.54 Å². The second kappa shape index (κ2) is 7.67. The van der Waals surface area contributed by atoms with Gasteiger partial charge in [-0.2, -0.15) is 5.10 Å². The summed E-state index contributed by atoms with van der Waals surface area (Å²) in [4.78, 5) is 13.6. The highest BCUT2D eigenvalue weighted by Gasteiger charge is 2.23. The molecular weight excluding hydrogens is 316 g/mol. The summed E-state index contributed by atoms with van der Waals surface area (Å²) in [7, 11) is 4.20. The van der Waals surface area contributed by atoms with Crippen molar-refractivity contribution in [2.45, 2.75) is 12.6 Å². The number of hydrogen-bond donors (Lipinski definition) is 3. The van der Waals surface area contributed by atoms with Crippen molar-refractivity contribution >= 4 is 11.7 Å². The Bertz CT molecular complexity index is 712. The summed E-state index contributed by atoms with van der Waals surface area (Å²) in [6.07, 6.45) is 1.54. The normalized spacial score (nSPS) is 17.8. The summed E-state index contributed by atoms with van der Waals surface area (Å²) in [5, 5.41) is 11.1. The minimum atomic E-state index is -0.443. The average Bonchev–Trinajstić information content (AvgIpc) is 3.02. The topological polar surface area (TPSA) is 88.2 Å². The maximum absolute atomic E-state index is 11.4. The molecule has 25 heavy (non-hydrogen) atoms. The number of amides is 1. The molecule has 1 aliphatic rings. The van der Waals surface area contributed by atoms with Crippen molar-refractivity contribution < 1.29 is 4.79 Å². The molecule has 0 saturated carbocycles. The Morgan fingerprint density at radius 1 is 1.44 bits per heavy atom. The van der Waals surface area contributed by atoms with E-state index < -0.39 is 5.91 Å². The van der Waals surface area contributed by atoms with E-state index in [1.165, 1.54) is 11.8 Å². The number of likely N-dealkylation sites (N-methyl/N-ethyl adjacent to an activating group) is 1. The van der Waals surface area contributed by atoms with Gasteiger partial charge in [-0.25, -0.2) is 4.68 Å². The van der Waals surface area contributed by atoms with Gasteiger partial charge in [0, 0.05) is 38.1 Å². The molecule has 1 aromatic carbocycles. The highest BCUT2D eigenvalue weighted by molar-refractivity contribution is 5.97. The second-order valence-corrected chi connectivity index (χ2v) is 6.75. The molecule has 0 radical (unpaired) electrons. The molecule has 4 N–H and O–H groups in total. The Labute approximate surface area is 148 Å². The zero-order valence-corrected chi connectivity index (χ0v) is 14.8. The number of carbonyl (C=O) groups excluding carboxylic acids is 1. The number of nitrogens with one attached hydrogen (secondary N) is 2. The lowest BCUT2D eigenvalue weighted by molar-refractivity contribution is 0.100. The number of fused-ring (bicyclic) bond motifs is 1. The number of primary amides is 1. The highest BCUT2D eigenvalue weighted by atomic mass is 16.1. The lowest BCUT2D eigenvalue weighted by atomic mass is 10.0. The van der Waals surface area contributed by atoms with E-state index in [1.807, 2.05) is 10.7 Å². The average molecular weight is 342 g/mol. The Hall–Kier alpha value is -2.38. The molecule has 0 bridgehead atoms. The van der Waals surface area contributed by atoms with Crippen molar-refractivity contribution in [2.24, 2.45) is 11.7 Å². The van der Waals surface area contributed by atoms with Crippen LogP contribution in [0.3, 0.4) is 0 Å². The summed E-state index contributed by atoms with van der Waals surface area (Å²) in [6, 6.07) is 10.9. The van der Waals surface area contributed by atoms with Gasteiger partial charge in [-0.1, -0.05) is 30.3 Å². The Morgan fingerprint density at radius 3 is 2.88 bits per heavy atom. The van der Waals surface area contributed by atoms with E-state index in [-0.39, 0.29) is 0 Å². The van der Waals surface area contributed by atoms with E-state index >= 15 is 0 Å². The van der Waals surface area contributed by atoms with Gasteiger partial charge in [0.15, 0.2) is 0 Å². The van der Waals surface area contributed by atoms with Crippen LogP contribution in [0, 0.1) is 5.92 Å². The summed E-state index contributed by atoms with van der Waals surface area (Å²) in [6.45, 7) is 3.35. The fourth-order valence-corrected chi connectivity index (χ4v) is 3.28. The maximum Gasteiger partial charge on any atom is 0.254 e. The largest absolute Gasteiger partial charge is 0.369 e. The van der Waals surface area contributed by atoms with Gasteiger partial charge in [-0.3, -0.25) is 4.79 Å². The fourth-order valence-electron chi connectivity index (χ4n) is 3.28. The molecule has 0 unspecified atom stereocenters. The van der Waals surface area contributed by atoms with Crippen LogP contribution >= 0.6 is 0 Å². The van der Waals surface area contributed by atoms with Crippen LogP contribution in [0.4, 0.5) is 5.82 Å². The van der Waals surface area contributed by atoms with Gasteiger partial charge in [0.1, 0.15) is 11.4 Å². The number of aromatic nitrogens is 2. The standard InChI is InChI=1S/C18H26N6O/c1-23(2)16(14-6-4-3-5-7-14)11-20-8-13-9-21-18-15(17(19)25)10-22-24(18)12-13/h3-7,10,13,16,20-21H,8-9,11-12H2,1-2H3,(H2,19,25)/t13-,16-/m0/s1. The van der Waals surface area contributed by atoms with Crippen molar-refractivity contribution in [1.82, 2.24) is 20.0 Å². The zero-order chi connectivity index (χ0) is 17.8. The molecule has 1 aliphatic heterocycles. The second-order valence-electron chi connectivity index (χ2n) is 6.75. The third-order valence-corrected chi connectivity index (χ3v) is 4.67. The zero-order valence-electron chi connectivity index (χ0n) is 14.8. The van der Waals surface area contributed by atoms with Crippen LogP contribution in [0.25, 0.3) is 0 Å². The molecule has 0 spiro atoms. The van der Waals surface area contributed by atoms with Crippen LogP contribution < -0.4 is 16.4 Å². The van der Waals surface area contributed by atoms with Gasteiger partial charge < -0.3 is 21.3 Å². The van der Waals surface area contributed by atoms with Crippen LogP contribution in [0.5, 0.6) is 0 Å². The number of nitrogens with zero attached hydrogens (tertiary/aromatic N) is 3. The molecule has 0 fully saturated rings. The van der Waals surface area contributed by atoms with E-state index in [0.29, 0.717) is 17.5 Å². The Morgan fingerprint density at radius 2 is 2.20 bits per heavy atom. The molecule has 3 rings (SSSR count). The van der Waals surface area contributed by atoms with E-state index in [2.05, 4.69) is 59.0 Å². The predicted molar refractivity (Wildman–Crippen MR) is 98.5 cm³/mol. The van der Waals surface area contributed by atoms with Crippen LogP contribution in [-0.4, -0.2) is 54.3 Å². The molecule has 2 atom stereocenters. The lowest BCUT2D eigenvalue weighted by Crippen LogP contribution is -2.39. The SMILES string of the molecule is CN(C)[C@@H](CNC[C@H]1CNc2c(C(N)=O)cnn2C1)c1ccccc1. The van der Waals surface area contributed by atoms with Crippen LogP contribution in [0.15, 0.2) is 36.5 Å². The molecule has 7 heteroatoms. The van der Waals surface area contributed by atoms with Crippen molar-refractivity contribution in [3.8, 4) is 0 Å². The number of carbonyl (C=O) groups is 1. The maximum atomic E-state index is 11.4. The smallest absolute Gasteiger partial charge is 0.254 e. The van der Waals surface area contributed by atoms with Gasteiger partial charge in [-0.15, -0.1) is 0 Å². The van der Waals surface area contributed by atoms with Crippen molar-refractivity contribution in [2.75, 3.05) is 39.0 Å². The third-order valence-electron chi connectivity index (χ3n) is 4.67. The van der Waals surface area contributed by atoms with Gasteiger partial charge in [-0.05, 0) is 19.7 Å². The van der Waals surface area contributed by atoms with Gasteiger partial charge in [0.25, 0.3) is 5.91 Å². The first-order valence-electron chi connectivity index (χ1n) is 8.58. The first kappa shape index (κ1) is 17.4. The number of nitrogens with two attached hydrogens (primary N) is 1. The minimum Gasteiger partial charge on any atom is -0.369 e. The molecule has 2 aromatic rings. The van der Waals surface area contributed by atoms with E-state index in [9.17, 15) is 4.79 Å². The fraction of sp³-hybridized carbons (Fsp3) is 0.444. The Balaban J connectivity index is 1.54. The quantitative estimate of drug-likeness (QED) is 0.696. The predicted octanol–water partition coefficient (Wildman–Crippen LogP) is 0.916. The van der Waals surface area contributed by atoms with E-state index in [1.54, 1.807) is 0 Å². The number of anilines is 1. The highest BCUT2D eigenvalue weighted by Crippen LogP contribution is 2.21. The molecule has 0 saturated heterocycles. The van der Waals surface area contributed by atoms with Crippen LogP contribution in [0.1, 0.15) is 22.0 Å². The summed E-state index contributed by atoms with van der Waals surface area (Å²) < 4.78 is 1.83. The molecule has 1 amide bonds. The lowest BCUT2D eigenvalue weighted by Gasteiger charge is -2.28. The molecule has 7 nitrogen and oxygen atoms in total. The monoisotopic (exact) mass is 342 g/mol. The van der Waals surface area contributed by atoms with Gasteiger partial charge >= 0.3 is 0 Å². The van der Waals surface area contributed by atoms with E-state index in [4.69, 9.17) is 5.73 Å². The molecule has 2 heterocycles. The number of benzene rings is 1. The van der Waals surface area contributed by atoms with Crippen LogP contribution in [0.2, 0.25) is 0 Å². The molecular formula is C18H26N6O. The van der Waals surface area contributed by atoms with Gasteiger partial charge in [0.2, 0.25) is 0 Å². The first-order valence-corrected chi connectivity index (χ1v) is 8.58. The number of rotatable bonds is 7. The minimum absolute atomic E-state index is 0.333. The van der Waals surface area contributed by atoms with Crippen molar-refractivity contribution in [3.63, 3.8) is 0 Å². The molecule has 1 aromatic heterocycles. The van der Waals surface area contributed by atoms with Gasteiger partial charge in [0.05, 0.1) is 6.20 Å². The molecule has 134 valence electrons. The van der Waals surface area contributed by atoms with Crippen molar-refractivity contribution in [3.05, 3.63) is 47.7 Å². The summed E-state index contributed by atoms with van der Waals surface area (Å²) in [5.41, 5.74) is 7.13. The summed E-state index contributed by atoms with van der Waals surface area (Å²) in [5.74, 6) is 0.702. The Kier molecular flexibility index (Phi) is 5.35. The van der Waals surface area contributed by atoms with E-state index in [0.717, 1.165) is 32.0 Å².